The third-order valence-electron chi connectivity index (χ3n) is 3.63. The van der Waals surface area contributed by atoms with E-state index in [9.17, 15) is 4.79 Å². The normalized spacial score (nSPS) is 11.1. The van der Waals surface area contributed by atoms with Crippen LogP contribution in [0.1, 0.15) is 12.5 Å². The number of hydrogen-bond donors (Lipinski definition) is 0. The van der Waals surface area contributed by atoms with Crippen LogP contribution < -0.4 is 4.90 Å². The van der Waals surface area contributed by atoms with E-state index in [1.165, 1.54) is 7.11 Å². The summed E-state index contributed by atoms with van der Waals surface area (Å²) in [5.41, 5.74) is 3.58. The Morgan fingerprint density at radius 3 is 2.36 bits per heavy atom. The number of halogens is 1. The lowest BCUT2D eigenvalue weighted by Crippen LogP contribution is -2.29. The van der Waals surface area contributed by atoms with Gasteiger partial charge in [0.05, 0.1) is 19.2 Å². The summed E-state index contributed by atoms with van der Waals surface area (Å²) in [6.45, 7) is 7.08. The van der Waals surface area contributed by atoms with Gasteiger partial charge in [0.2, 0.25) is 0 Å². The SMILES string of the molecule is C=C(C)CN(C/C(=C\c1ccccc1Br)C(=O)OC)c1ccccc1. The molecule has 0 saturated carbocycles. The standard InChI is InChI=1S/C21H22BrNO2/c1-16(2)14-23(19-10-5-4-6-11-19)15-18(21(24)25-3)13-17-9-7-8-12-20(17)22/h4-13H,1,14-15H2,2-3H3/b18-13+. The Kier molecular flexibility index (Phi) is 7.02. The summed E-state index contributed by atoms with van der Waals surface area (Å²) in [6, 6.07) is 17.8. The van der Waals surface area contributed by atoms with Crippen molar-refractivity contribution < 1.29 is 9.53 Å². The third-order valence-corrected chi connectivity index (χ3v) is 4.35. The molecule has 0 aliphatic carbocycles. The number of carbonyl (C=O) groups excluding carboxylic acids is 1. The first kappa shape index (κ1) is 19.0. The van der Waals surface area contributed by atoms with Crippen molar-refractivity contribution in [3.63, 3.8) is 0 Å². The van der Waals surface area contributed by atoms with Gasteiger partial charge < -0.3 is 9.64 Å². The van der Waals surface area contributed by atoms with Gasteiger partial charge in [-0.2, -0.15) is 0 Å². The van der Waals surface area contributed by atoms with Crippen molar-refractivity contribution >= 4 is 33.7 Å². The van der Waals surface area contributed by atoms with Gasteiger partial charge in [-0.3, -0.25) is 0 Å². The van der Waals surface area contributed by atoms with E-state index in [-0.39, 0.29) is 5.97 Å². The molecule has 0 unspecified atom stereocenters. The van der Waals surface area contributed by atoms with Crippen molar-refractivity contribution in [2.75, 3.05) is 25.1 Å². The Balaban J connectivity index is 2.38. The average molecular weight is 400 g/mol. The van der Waals surface area contributed by atoms with E-state index in [1.54, 1.807) is 0 Å². The zero-order valence-electron chi connectivity index (χ0n) is 14.5. The predicted molar refractivity (Wildman–Crippen MR) is 108 cm³/mol. The summed E-state index contributed by atoms with van der Waals surface area (Å²) in [4.78, 5) is 14.4. The number of anilines is 1. The van der Waals surface area contributed by atoms with Crippen LogP contribution in [0, 0.1) is 0 Å². The lowest BCUT2D eigenvalue weighted by atomic mass is 10.1. The number of methoxy groups -OCH3 is 1. The number of nitrogens with zero attached hydrogens (tertiary/aromatic N) is 1. The molecule has 2 rings (SSSR count). The molecule has 3 nitrogen and oxygen atoms in total. The summed E-state index contributed by atoms with van der Waals surface area (Å²) in [5.74, 6) is -0.335. The monoisotopic (exact) mass is 399 g/mol. The van der Waals surface area contributed by atoms with Crippen LogP contribution in [0.15, 0.2) is 76.8 Å². The molecular weight excluding hydrogens is 378 g/mol. The molecule has 25 heavy (non-hydrogen) atoms. The maximum absolute atomic E-state index is 12.3. The summed E-state index contributed by atoms with van der Waals surface area (Å²) in [7, 11) is 1.40. The molecule has 0 heterocycles. The minimum atomic E-state index is -0.335. The Morgan fingerprint density at radius 1 is 1.12 bits per heavy atom. The van der Waals surface area contributed by atoms with Crippen molar-refractivity contribution in [2.24, 2.45) is 0 Å². The number of para-hydroxylation sites is 1. The molecular formula is C21H22BrNO2. The smallest absolute Gasteiger partial charge is 0.335 e. The van der Waals surface area contributed by atoms with Gasteiger partial charge in [0.15, 0.2) is 0 Å². The number of rotatable bonds is 7. The fourth-order valence-electron chi connectivity index (χ4n) is 2.49. The second-order valence-electron chi connectivity index (χ2n) is 5.83. The van der Waals surface area contributed by atoms with Gasteiger partial charge in [-0.15, -0.1) is 0 Å². The van der Waals surface area contributed by atoms with E-state index in [1.807, 2.05) is 67.6 Å². The summed E-state index contributed by atoms with van der Waals surface area (Å²) in [5, 5.41) is 0. The molecule has 0 saturated heterocycles. The molecule has 0 spiro atoms. The predicted octanol–water partition coefficient (Wildman–Crippen LogP) is 5.09. The quantitative estimate of drug-likeness (QED) is 0.369. The number of esters is 1. The first-order chi connectivity index (χ1) is 12.0. The second kappa shape index (κ2) is 9.23. The van der Waals surface area contributed by atoms with E-state index in [4.69, 9.17) is 4.74 Å². The van der Waals surface area contributed by atoms with Gasteiger partial charge in [-0.25, -0.2) is 4.79 Å². The number of benzene rings is 2. The lowest BCUT2D eigenvalue weighted by Gasteiger charge is -2.26. The first-order valence-electron chi connectivity index (χ1n) is 7.99. The van der Waals surface area contributed by atoms with E-state index in [0.717, 1.165) is 21.3 Å². The Labute approximate surface area is 157 Å². The molecule has 0 atom stereocenters. The van der Waals surface area contributed by atoms with E-state index < -0.39 is 0 Å². The molecule has 0 N–H and O–H groups in total. The molecule has 4 heteroatoms. The molecule has 0 bridgehead atoms. The average Bonchev–Trinajstić information content (AvgIpc) is 2.62. The van der Waals surface area contributed by atoms with Crippen LogP contribution >= 0.6 is 15.9 Å². The number of hydrogen-bond acceptors (Lipinski definition) is 3. The molecule has 130 valence electrons. The van der Waals surface area contributed by atoms with Gasteiger partial charge in [0, 0.05) is 16.7 Å². The highest BCUT2D eigenvalue weighted by Gasteiger charge is 2.16. The van der Waals surface area contributed by atoms with Gasteiger partial charge in [0.25, 0.3) is 0 Å². The van der Waals surface area contributed by atoms with Crippen LogP contribution in [-0.4, -0.2) is 26.2 Å². The van der Waals surface area contributed by atoms with Gasteiger partial charge in [-0.05, 0) is 36.8 Å². The summed E-state index contributed by atoms with van der Waals surface area (Å²) < 4.78 is 5.93. The molecule has 0 radical (unpaired) electrons. The highest BCUT2D eigenvalue weighted by atomic mass is 79.9. The fourth-order valence-corrected chi connectivity index (χ4v) is 2.89. The maximum Gasteiger partial charge on any atom is 0.335 e. The zero-order chi connectivity index (χ0) is 18.2. The largest absolute Gasteiger partial charge is 0.466 e. The molecule has 0 aliphatic heterocycles. The molecule has 2 aromatic rings. The highest BCUT2D eigenvalue weighted by molar-refractivity contribution is 9.10. The molecule has 0 aliphatic rings. The number of carbonyl (C=O) groups is 1. The Bertz CT molecular complexity index is 768. The zero-order valence-corrected chi connectivity index (χ0v) is 16.1. The Hall–Kier alpha value is -2.33. The minimum Gasteiger partial charge on any atom is -0.466 e. The minimum absolute atomic E-state index is 0.335. The van der Waals surface area contributed by atoms with Crippen molar-refractivity contribution in [3.05, 3.63) is 82.4 Å². The molecule has 2 aromatic carbocycles. The van der Waals surface area contributed by atoms with E-state index in [0.29, 0.717) is 18.7 Å². The molecule has 0 aromatic heterocycles. The third kappa shape index (κ3) is 5.61. The van der Waals surface area contributed by atoms with Gasteiger partial charge >= 0.3 is 5.97 Å². The van der Waals surface area contributed by atoms with Crippen molar-refractivity contribution in [1.29, 1.82) is 0 Å². The summed E-state index contributed by atoms with van der Waals surface area (Å²) in [6.07, 6.45) is 1.87. The van der Waals surface area contributed by atoms with E-state index >= 15 is 0 Å². The van der Waals surface area contributed by atoms with Crippen molar-refractivity contribution in [1.82, 2.24) is 0 Å². The first-order valence-corrected chi connectivity index (χ1v) is 8.78. The van der Waals surface area contributed by atoms with Crippen LogP contribution in [0.3, 0.4) is 0 Å². The molecule has 0 fully saturated rings. The highest BCUT2D eigenvalue weighted by Crippen LogP contribution is 2.22. The van der Waals surface area contributed by atoms with Crippen LogP contribution in [0.4, 0.5) is 5.69 Å². The van der Waals surface area contributed by atoms with E-state index in [2.05, 4.69) is 27.4 Å². The van der Waals surface area contributed by atoms with Gasteiger partial charge in [0.1, 0.15) is 0 Å². The second-order valence-corrected chi connectivity index (χ2v) is 6.69. The van der Waals surface area contributed by atoms with Crippen LogP contribution in [-0.2, 0) is 9.53 Å². The topological polar surface area (TPSA) is 29.5 Å². The fraction of sp³-hybridized carbons (Fsp3) is 0.190. The molecule has 0 amide bonds. The van der Waals surface area contributed by atoms with Gasteiger partial charge in [-0.1, -0.05) is 64.5 Å². The maximum atomic E-state index is 12.3. The Morgan fingerprint density at radius 2 is 1.76 bits per heavy atom. The van der Waals surface area contributed by atoms with Crippen LogP contribution in [0.5, 0.6) is 0 Å². The number of ether oxygens (including phenoxy) is 1. The lowest BCUT2D eigenvalue weighted by molar-refractivity contribution is -0.136. The summed E-state index contributed by atoms with van der Waals surface area (Å²) >= 11 is 3.52. The van der Waals surface area contributed by atoms with Crippen molar-refractivity contribution in [3.8, 4) is 0 Å². The van der Waals surface area contributed by atoms with Crippen LogP contribution in [0.2, 0.25) is 0 Å². The van der Waals surface area contributed by atoms with Crippen LogP contribution in [0.25, 0.3) is 6.08 Å². The van der Waals surface area contributed by atoms with Crippen molar-refractivity contribution in [2.45, 2.75) is 6.92 Å².